The summed E-state index contributed by atoms with van der Waals surface area (Å²) in [6.07, 6.45) is -0.376. The van der Waals surface area contributed by atoms with Crippen molar-refractivity contribution in [2.45, 2.75) is 38.2 Å². The van der Waals surface area contributed by atoms with Gasteiger partial charge in [-0.1, -0.05) is 48.5 Å². The van der Waals surface area contributed by atoms with Crippen molar-refractivity contribution in [3.8, 4) is 11.5 Å². The molecule has 4 aromatic rings. The molecule has 0 fully saturated rings. The number of fused-ring (bicyclic) bond motifs is 1. The number of benzene rings is 2. The summed E-state index contributed by atoms with van der Waals surface area (Å²) in [5.74, 6) is -0.405. The lowest BCUT2D eigenvalue weighted by Gasteiger charge is -2.28. The molecule has 2 aromatic carbocycles. The zero-order chi connectivity index (χ0) is 30.0. The number of hydrogen-bond donors (Lipinski definition) is 3. The summed E-state index contributed by atoms with van der Waals surface area (Å²) in [7, 11) is 0. The molecule has 10 nitrogen and oxygen atoms in total. The van der Waals surface area contributed by atoms with Crippen molar-refractivity contribution < 1.29 is 33.7 Å². The van der Waals surface area contributed by atoms with Gasteiger partial charge in [0.25, 0.3) is 0 Å². The molecule has 224 valence electrons. The SMILES string of the molecule is O=C(O)C[C@H](NC(=O)N[C@@H](COCc1ccccc1)C(=O)N(Cc1cccs1)Cc1cccs1)c1ccc2c(c1)OCO2. The number of carboxylic acid groups (broad SMARTS) is 1. The molecule has 2 aromatic heterocycles. The maximum absolute atomic E-state index is 14.0. The normalized spacial score (nSPS) is 13.2. The third-order valence-electron chi connectivity index (χ3n) is 6.65. The molecule has 0 saturated heterocycles. The zero-order valence-electron chi connectivity index (χ0n) is 23.1. The molecule has 3 amide bonds. The van der Waals surface area contributed by atoms with Crippen molar-refractivity contribution >= 4 is 40.6 Å². The highest BCUT2D eigenvalue weighted by atomic mass is 32.1. The first-order valence-electron chi connectivity index (χ1n) is 13.6. The Labute approximate surface area is 256 Å². The van der Waals surface area contributed by atoms with Crippen LogP contribution in [0.15, 0.2) is 83.6 Å². The number of hydrogen-bond acceptors (Lipinski definition) is 8. The minimum absolute atomic E-state index is 0.0660. The fourth-order valence-electron chi connectivity index (χ4n) is 4.57. The number of nitrogens with one attached hydrogen (secondary N) is 2. The van der Waals surface area contributed by atoms with E-state index >= 15 is 0 Å². The van der Waals surface area contributed by atoms with Gasteiger partial charge in [-0.15, -0.1) is 22.7 Å². The van der Waals surface area contributed by atoms with Gasteiger partial charge >= 0.3 is 12.0 Å². The Hall–Kier alpha value is -4.39. The van der Waals surface area contributed by atoms with Crippen LogP contribution in [0.5, 0.6) is 11.5 Å². The van der Waals surface area contributed by atoms with Gasteiger partial charge in [0.15, 0.2) is 11.5 Å². The number of urea groups is 1. The van der Waals surface area contributed by atoms with E-state index in [1.54, 1.807) is 45.8 Å². The van der Waals surface area contributed by atoms with E-state index in [4.69, 9.17) is 14.2 Å². The molecule has 0 bridgehead atoms. The number of rotatable bonds is 14. The number of carbonyl (C=O) groups excluding carboxylic acids is 2. The summed E-state index contributed by atoms with van der Waals surface area (Å²) in [5.41, 5.74) is 1.46. The molecule has 1 aliphatic rings. The van der Waals surface area contributed by atoms with Crippen LogP contribution in [0.3, 0.4) is 0 Å². The van der Waals surface area contributed by atoms with Crippen LogP contribution in [0.1, 0.15) is 33.3 Å². The lowest BCUT2D eigenvalue weighted by Crippen LogP contribution is -2.53. The summed E-state index contributed by atoms with van der Waals surface area (Å²) in [5, 5.41) is 19.0. The molecule has 0 radical (unpaired) electrons. The van der Waals surface area contributed by atoms with E-state index in [0.717, 1.165) is 15.3 Å². The third-order valence-corrected chi connectivity index (χ3v) is 8.37. The number of amides is 3. The Bertz CT molecular complexity index is 1460. The number of thiophene rings is 2. The maximum atomic E-state index is 14.0. The first-order valence-corrected chi connectivity index (χ1v) is 15.3. The highest BCUT2D eigenvalue weighted by molar-refractivity contribution is 7.10. The van der Waals surface area contributed by atoms with Gasteiger partial charge in [-0.2, -0.15) is 0 Å². The molecule has 0 unspecified atom stereocenters. The fraction of sp³-hybridized carbons (Fsp3) is 0.258. The van der Waals surface area contributed by atoms with E-state index in [1.807, 2.05) is 65.4 Å². The summed E-state index contributed by atoms with van der Waals surface area (Å²) in [6, 6.07) is 19.7. The van der Waals surface area contributed by atoms with Crippen LogP contribution in [0, 0.1) is 0 Å². The first-order chi connectivity index (χ1) is 20.9. The number of nitrogens with zero attached hydrogens (tertiary/aromatic N) is 1. The number of aliphatic carboxylic acids is 1. The Morgan fingerprint density at radius 3 is 2.23 bits per heavy atom. The van der Waals surface area contributed by atoms with Gasteiger partial charge in [0.1, 0.15) is 6.04 Å². The molecular weight excluding hydrogens is 590 g/mol. The van der Waals surface area contributed by atoms with Crippen molar-refractivity contribution in [2.24, 2.45) is 0 Å². The van der Waals surface area contributed by atoms with Gasteiger partial charge < -0.3 is 34.9 Å². The molecule has 0 aliphatic carbocycles. The van der Waals surface area contributed by atoms with E-state index in [1.165, 1.54) is 0 Å². The smallest absolute Gasteiger partial charge is 0.316 e. The molecule has 0 spiro atoms. The summed E-state index contributed by atoms with van der Waals surface area (Å²) in [6.45, 7) is 0.969. The van der Waals surface area contributed by atoms with Crippen molar-refractivity contribution in [3.05, 3.63) is 104 Å². The second-order valence-corrected chi connectivity index (χ2v) is 11.9. The van der Waals surface area contributed by atoms with Gasteiger partial charge in [-0.3, -0.25) is 9.59 Å². The summed E-state index contributed by atoms with van der Waals surface area (Å²) in [4.78, 5) is 42.8. The average molecular weight is 622 g/mol. The molecular formula is C31H31N3O7S2. The minimum atomic E-state index is -1.10. The lowest BCUT2D eigenvalue weighted by molar-refractivity contribution is -0.138. The summed E-state index contributed by atoms with van der Waals surface area (Å²) < 4.78 is 16.7. The molecule has 5 rings (SSSR count). The average Bonchev–Trinajstić information content (AvgIpc) is 3.79. The second kappa shape index (κ2) is 14.7. The molecule has 3 N–H and O–H groups in total. The van der Waals surface area contributed by atoms with Crippen LogP contribution in [-0.2, 0) is 34.0 Å². The van der Waals surface area contributed by atoms with Crippen LogP contribution < -0.4 is 20.1 Å². The van der Waals surface area contributed by atoms with Crippen LogP contribution in [-0.4, -0.2) is 47.4 Å². The van der Waals surface area contributed by atoms with Crippen LogP contribution in [0.2, 0.25) is 0 Å². The van der Waals surface area contributed by atoms with E-state index in [2.05, 4.69) is 10.6 Å². The van der Waals surface area contributed by atoms with E-state index in [-0.39, 0.29) is 32.3 Å². The molecule has 0 saturated carbocycles. The molecule has 2 atom stereocenters. The zero-order valence-corrected chi connectivity index (χ0v) is 24.8. The van der Waals surface area contributed by atoms with Gasteiger partial charge in [0.05, 0.1) is 38.8 Å². The highest BCUT2D eigenvalue weighted by Crippen LogP contribution is 2.34. The molecule has 43 heavy (non-hydrogen) atoms. The topological polar surface area (TPSA) is 126 Å². The minimum Gasteiger partial charge on any atom is -0.481 e. The van der Waals surface area contributed by atoms with E-state index in [0.29, 0.717) is 30.2 Å². The standard InChI is InChI=1S/C31H31N3O7S2/c35-29(36)15-25(22-10-11-27-28(14-22)41-20-40-27)32-31(38)33-26(19-39-18-21-6-2-1-3-7-21)30(37)34(16-23-8-4-12-42-23)17-24-9-5-13-43-24/h1-14,25-26H,15-20H2,(H,35,36)(H2,32,33,38)/t25-,26-/m0/s1. The molecule has 3 heterocycles. The van der Waals surface area contributed by atoms with Gasteiger partial charge in [0.2, 0.25) is 12.7 Å². The van der Waals surface area contributed by atoms with Crippen LogP contribution >= 0.6 is 22.7 Å². The van der Waals surface area contributed by atoms with Crippen LogP contribution in [0.4, 0.5) is 4.79 Å². The third kappa shape index (κ3) is 8.57. The van der Waals surface area contributed by atoms with Crippen molar-refractivity contribution in [1.82, 2.24) is 15.5 Å². The first kappa shape index (κ1) is 30.1. The summed E-state index contributed by atoms with van der Waals surface area (Å²) >= 11 is 3.09. The Balaban J connectivity index is 1.33. The van der Waals surface area contributed by atoms with E-state index < -0.39 is 24.1 Å². The van der Waals surface area contributed by atoms with E-state index in [9.17, 15) is 19.5 Å². The highest BCUT2D eigenvalue weighted by Gasteiger charge is 2.29. The molecule has 12 heteroatoms. The predicted octanol–water partition coefficient (Wildman–Crippen LogP) is 5.17. The monoisotopic (exact) mass is 621 g/mol. The van der Waals surface area contributed by atoms with Crippen molar-refractivity contribution in [1.29, 1.82) is 0 Å². The number of carbonyl (C=O) groups is 3. The van der Waals surface area contributed by atoms with Gasteiger partial charge in [-0.25, -0.2) is 4.79 Å². The fourth-order valence-corrected chi connectivity index (χ4v) is 6.01. The quantitative estimate of drug-likeness (QED) is 0.177. The van der Waals surface area contributed by atoms with Crippen LogP contribution in [0.25, 0.3) is 0 Å². The van der Waals surface area contributed by atoms with Crippen molar-refractivity contribution in [3.63, 3.8) is 0 Å². The van der Waals surface area contributed by atoms with Gasteiger partial charge in [0, 0.05) is 9.75 Å². The lowest BCUT2D eigenvalue weighted by atomic mass is 10.0. The second-order valence-electron chi connectivity index (χ2n) is 9.79. The Morgan fingerprint density at radius 2 is 1.58 bits per heavy atom. The largest absolute Gasteiger partial charge is 0.481 e. The Morgan fingerprint density at radius 1 is 0.884 bits per heavy atom. The maximum Gasteiger partial charge on any atom is 0.316 e. The van der Waals surface area contributed by atoms with Crippen molar-refractivity contribution in [2.75, 3.05) is 13.4 Å². The van der Waals surface area contributed by atoms with Gasteiger partial charge in [-0.05, 0) is 46.2 Å². The predicted molar refractivity (Wildman–Crippen MR) is 162 cm³/mol. The Kier molecular flexibility index (Phi) is 10.3. The number of ether oxygens (including phenoxy) is 3. The molecule has 1 aliphatic heterocycles. The number of carboxylic acids is 1.